The van der Waals surface area contributed by atoms with Gasteiger partial charge in [-0.15, -0.1) is 0 Å². The normalized spacial score (nSPS) is 16.4. The van der Waals surface area contributed by atoms with E-state index in [2.05, 4.69) is 32.0 Å². The molecule has 20 heavy (non-hydrogen) atoms. The van der Waals surface area contributed by atoms with Crippen molar-refractivity contribution >= 4 is 5.91 Å². The van der Waals surface area contributed by atoms with Crippen LogP contribution < -0.4 is 5.73 Å². The van der Waals surface area contributed by atoms with Crippen molar-refractivity contribution in [3.63, 3.8) is 0 Å². The lowest BCUT2D eigenvalue weighted by Crippen LogP contribution is -2.40. The monoisotopic (exact) mass is 274 g/mol. The van der Waals surface area contributed by atoms with Crippen molar-refractivity contribution in [3.8, 4) is 0 Å². The van der Waals surface area contributed by atoms with Crippen LogP contribution >= 0.6 is 0 Å². The lowest BCUT2D eigenvalue weighted by molar-refractivity contribution is -0.132. The maximum absolute atomic E-state index is 12.2. The van der Waals surface area contributed by atoms with Crippen molar-refractivity contribution in [1.29, 1.82) is 0 Å². The first-order valence-electron chi connectivity index (χ1n) is 7.64. The average molecular weight is 274 g/mol. The van der Waals surface area contributed by atoms with Crippen LogP contribution in [0.2, 0.25) is 0 Å². The van der Waals surface area contributed by atoms with Crippen molar-refractivity contribution in [2.24, 2.45) is 11.7 Å². The Kier molecular flexibility index (Phi) is 5.18. The van der Waals surface area contributed by atoms with Gasteiger partial charge < -0.3 is 10.6 Å². The van der Waals surface area contributed by atoms with Gasteiger partial charge >= 0.3 is 0 Å². The van der Waals surface area contributed by atoms with Crippen LogP contribution in [-0.2, 0) is 11.2 Å². The molecule has 0 atom stereocenters. The number of likely N-dealkylation sites (tertiary alicyclic amines) is 1. The summed E-state index contributed by atoms with van der Waals surface area (Å²) < 4.78 is 0. The molecule has 3 nitrogen and oxygen atoms in total. The Bertz CT molecular complexity index is 462. The van der Waals surface area contributed by atoms with E-state index in [9.17, 15) is 4.79 Å². The van der Waals surface area contributed by atoms with Gasteiger partial charge in [-0.05, 0) is 56.7 Å². The number of nitrogens with zero attached hydrogens (tertiary/aromatic N) is 1. The second-order valence-corrected chi connectivity index (χ2v) is 5.99. The highest BCUT2D eigenvalue weighted by Crippen LogP contribution is 2.18. The van der Waals surface area contributed by atoms with Crippen LogP contribution in [0.4, 0.5) is 0 Å². The zero-order valence-corrected chi connectivity index (χ0v) is 12.7. The molecule has 0 aromatic heterocycles. The Morgan fingerprint density at radius 2 is 2.00 bits per heavy atom. The summed E-state index contributed by atoms with van der Waals surface area (Å²) in [4.78, 5) is 14.2. The molecule has 2 N–H and O–H groups in total. The highest BCUT2D eigenvalue weighted by atomic mass is 16.2. The van der Waals surface area contributed by atoms with Crippen LogP contribution in [0.5, 0.6) is 0 Å². The van der Waals surface area contributed by atoms with E-state index in [1.54, 1.807) is 0 Å². The van der Waals surface area contributed by atoms with Crippen LogP contribution in [0.25, 0.3) is 0 Å². The SMILES string of the molecule is Cc1ccc(CCC(=O)N2CCC(CN)CC2)c(C)c1. The number of amides is 1. The molecule has 0 radical (unpaired) electrons. The molecule has 1 fully saturated rings. The molecule has 0 aliphatic carbocycles. The Balaban J connectivity index is 1.83. The predicted octanol–water partition coefficient (Wildman–Crippen LogP) is 2.43. The average Bonchev–Trinajstić information content (AvgIpc) is 2.46. The zero-order valence-electron chi connectivity index (χ0n) is 12.7. The second-order valence-electron chi connectivity index (χ2n) is 5.99. The van der Waals surface area contributed by atoms with Gasteiger partial charge in [0.1, 0.15) is 0 Å². The van der Waals surface area contributed by atoms with Gasteiger partial charge in [-0.3, -0.25) is 4.79 Å². The summed E-state index contributed by atoms with van der Waals surface area (Å²) in [6.07, 6.45) is 3.59. The van der Waals surface area contributed by atoms with Gasteiger partial charge in [0, 0.05) is 19.5 Å². The molecule has 0 spiro atoms. The molecule has 0 bridgehead atoms. The number of aryl methyl sites for hydroxylation is 3. The first-order chi connectivity index (χ1) is 9.60. The van der Waals surface area contributed by atoms with E-state index >= 15 is 0 Å². The molecule has 0 saturated carbocycles. The topological polar surface area (TPSA) is 46.3 Å². The van der Waals surface area contributed by atoms with Gasteiger partial charge in [0.15, 0.2) is 0 Å². The van der Waals surface area contributed by atoms with Gasteiger partial charge in [-0.1, -0.05) is 23.8 Å². The molecular weight excluding hydrogens is 248 g/mol. The standard InChI is InChI=1S/C17H26N2O/c1-13-3-4-16(14(2)11-13)5-6-17(20)19-9-7-15(12-18)8-10-19/h3-4,11,15H,5-10,12,18H2,1-2H3. The summed E-state index contributed by atoms with van der Waals surface area (Å²) in [7, 11) is 0. The van der Waals surface area contributed by atoms with Crippen molar-refractivity contribution in [2.75, 3.05) is 19.6 Å². The third-order valence-corrected chi connectivity index (χ3v) is 4.41. The molecule has 1 aliphatic heterocycles. The second kappa shape index (κ2) is 6.89. The molecule has 0 unspecified atom stereocenters. The Hall–Kier alpha value is -1.35. The molecule has 2 rings (SSSR count). The fraction of sp³-hybridized carbons (Fsp3) is 0.588. The van der Waals surface area contributed by atoms with Crippen LogP contribution in [0.3, 0.4) is 0 Å². The van der Waals surface area contributed by atoms with Crippen molar-refractivity contribution < 1.29 is 4.79 Å². The number of carbonyl (C=O) groups is 1. The number of rotatable bonds is 4. The van der Waals surface area contributed by atoms with Crippen LogP contribution in [0.15, 0.2) is 18.2 Å². The number of hydrogen-bond acceptors (Lipinski definition) is 2. The highest BCUT2D eigenvalue weighted by Gasteiger charge is 2.21. The summed E-state index contributed by atoms with van der Waals surface area (Å²) in [5.74, 6) is 0.902. The first kappa shape index (κ1) is 15.0. The fourth-order valence-corrected chi connectivity index (χ4v) is 2.94. The van der Waals surface area contributed by atoms with E-state index in [4.69, 9.17) is 5.73 Å². The predicted molar refractivity (Wildman–Crippen MR) is 82.6 cm³/mol. The van der Waals surface area contributed by atoms with E-state index in [0.717, 1.165) is 38.9 Å². The number of carbonyl (C=O) groups excluding carboxylic acids is 1. The molecule has 1 aliphatic rings. The molecule has 1 heterocycles. The van der Waals surface area contributed by atoms with Gasteiger partial charge in [0.2, 0.25) is 5.91 Å². The number of piperidine rings is 1. The van der Waals surface area contributed by atoms with Gasteiger partial charge in [-0.25, -0.2) is 0 Å². The lowest BCUT2D eigenvalue weighted by atomic mass is 9.96. The molecule has 1 aromatic carbocycles. The van der Waals surface area contributed by atoms with Crippen LogP contribution in [0, 0.1) is 19.8 Å². The summed E-state index contributed by atoms with van der Waals surface area (Å²) in [6, 6.07) is 6.46. The number of benzene rings is 1. The zero-order chi connectivity index (χ0) is 14.5. The Morgan fingerprint density at radius 3 is 2.60 bits per heavy atom. The molecule has 3 heteroatoms. The Labute approximate surface area is 122 Å². The molecule has 110 valence electrons. The number of nitrogens with two attached hydrogens (primary N) is 1. The largest absolute Gasteiger partial charge is 0.343 e. The van der Waals surface area contributed by atoms with Crippen LogP contribution in [-0.4, -0.2) is 30.4 Å². The summed E-state index contributed by atoms with van der Waals surface area (Å²) in [6.45, 7) is 6.74. The summed E-state index contributed by atoms with van der Waals surface area (Å²) >= 11 is 0. The molecule has 1 amide bonds. The molecule has 1 aromatic rings. The maximum Gasteiger partial charge on any atom is 0.222 e. The fourth-order valence-electron chi connectivity index (χ4n) is 2.94. The summed E-state index contributed by atoms with van der Waals surface area (Å²) in [5, 5.41) is 0. The minimum Gasteiger partial charge on any atom is -0.343 e. The number of hydrogen-bond donors (Lipinski definition) is 1. The van der Waals surface area contributed by atoms with Gasteiger partial charge in [-0.2, -0.15) is 0 Å². The third-order valence-electron chi connectivity index (χ3n) is 4.41. The maximum atomic E-state index is 12.2. The molecular formula is C17H26N2O. The van der Waals surface area contributed by atoms with E-state index in [0.29, 0.717) is 18.2 Å². The van der Waals surface area contributed by atoms with Crippen LogP contribution in [0.1, 0.15) is 36.0 Å². The Morgan fingerprint density at radius 1 is 1.30 bits per heavy atom. The highest BCUT2D eigenvalue weighted by molar-refractivity contribution is 5.76. The molecule has 1 saturated heterocycles. The first-order valence-corrected chi connectivity index (χ1v) is 7.64. The van der Waals surface area contributed by atoms with Crippen molar-refractivity contribution in [3.05, 3.63) is 34.9 Å². The van der Waals surface area contributed by atoms with Crippen molar-refractivity contribution in [1.82, 2.24) is 4.90 Å². The minimum absolute atomic E-state index is 0.292. The van der Waals surface area contributed by atoms with Gasteiger partial charge in [0.25, 0.3) is 0 Å². The summed E-state index contributed by atoms with van der Waals surface area (Å²) in [5.41, 5.74) is 9.55. The quantitative estimate of drug-likeness (QED) is 0.916. The lowest BCUT2D eigenvalue weighted by Gasteiger charge is -2.31. The smallest absolute Gasteiger partial charge is 0.222 e. The van der Waals surface area contributed by atoms with E-state index in [1.807, 2.05) is 4.90 Å². The van der Waals surface area contributed by atoms with Crippen molar-refractivity contribution in [2.45, 2.75) is 39.5 Å². The minimum atomic E-state index is 0.292. The third kappa shape index (κ3) is 3.83. The van der Waals surface area contributed by atoms with Gasteiger partial charge in [0.05, 0.1) is 0 Å². The van der Waals surface area contributed by atoms with E-state index < -0.39 is 0 Å². The van der Waals surface area contributed by atoms with E-state index in [1.165, 1.54) is 16.7 Å². The van der Waals surface area contributed by atoms with E-state index in [-0.39, 0.29) is 0 Å².